The third-order valence-corrected chi connectivity index (χ3v) is 3.12. The lowest BCUT2D eigenvalue weighted by Gasteiger charge is -2.12. The second-order valence-corrected chi connectivity index (χ2v) is 4.53. The fourth-order valence-corrected chi connectivity index (χ4v) is 2.23. The molecule has 1 fully saturated rings. The topological polar surface area (TPSA) is 89.1 Å². The van der Waals surface area contributed by atoms with Crippen molar-refractivity contribution in [3.05, 3.63) is 17.1 Å². The summed E-state index contributed by atoms with van der Waals surface area (Å²) in [5.41, 5.74) is 5.58. The van der Waals surface area contributed by atoms with Crippen LogP contribution in [0.3, 0.4) is 0 Å². The van der Waals surface area contributed by atoms with Crippen LogP contribution < -0.4 is 5.73 Å². The van der Waals surface area contributed by atoms with Crippen molar-refractivity contribution in [1.82, 2.24) is 9.97 Å². The van der Waals surface area contributed by atoms with Gasteiger partial charge < -0.3 is 10.8 Å². The zero-order valence-electron chi connectivity index (χ0n) is 9.78. The van der Waals surface area contributed by atoms with Crippen molar-refractivity contribution in [1.29, 1.82) is 0 Å². The molecule has 1 aromatic heterocycles. The molecule has 0 bridgehead atoms. The number of aromatic carboxylic acids is 1. The summed E-state index contributed by atoms with van der Waals surface area (Å²) in [6, 6.07) is 0. The van der Waals surface area contributed by atoms with Crippen LogP contribution >= 0.6 is 0 Å². The Morgan fingerprint density at radius 1 is 1.50 bits per heavy atom. The second-order valence-electron chi connectivity index (χ2n) is 4.53. The smallest absolute Gasteiger partial charge is 0.341 e. The van der Waals surface area contributed by atoms with Crippen molar-refractivity contribution in [2.45, 2.75) is 38.0 Å². The average Bonchev–Trinajstić information content (AvgIpc) is 2.57. The number of rotatable bonds is 2. The highest BCUT2D eigenvalue weighted by atomic mass is 19.3. The molecule has 0 aliphatic heterocycles. The summed E-state index contributed by atoms with van der Waals surface area (Å²) >= 11 is 0. The van der Waals surface area contributed by atoms with E-state index in [2.05, 4.69) is 9.97 Å². The monoisotopic (exact) mass is 257 g/mol. The number of carbonyl (C=O) groups is 1. The number of nitrogens with zero attached hydrogens (tertiary/aromatic N) is 2. The summed E-state index contributed by atoms with van der Waals surface area (Å²) < 4.78 is 26.2. The first-order valence-corrected chi connectivity index (χ1v) is 5.55. The molecule has 5 nitrogen and oxygen atoms in total. The van der Waals surface area contributed by atoms with Crippen molar-refractivity contribution in [3.8, 4) is 0 Å². The van der Waals surface area contributed by atoms with Gasteiger partial charge >= 0.3 is 5.97 Å². The van der Waals surface area contributed by atoms with Crippen LogP contribution in [0.5, 0.6) is 0 Å². The Kier molecular flexibility index (Phi) is 2.92. The molecule has 1 unspecified atom stereocenters. The minimum atomic E-state index is -2.69. The minimum Gasteiger partial charge on any atom is -0.477 e. The normalized spacial score (nSPS) is 22.1. The first-order chi connectivity index (χ1) is 8.30. The van der Waals surface area contributed by atoms with E-state index in [1.807, 2.05) is 0 Å². The van der Waals surface area contributed by atoms with Crippen LogP contribution in [0.4, 0.5) is 14.6 Å². The van der Waals surface area contributed by atoms with E-state index in [0.29, 0.717) is 0 Å². The Bertz CT molecular complexity index is 482. The van der Waals surface area contributed by atoms with Crippen molar-refractivity contribution < 1.29 is 18.7 Å². The highest BCUT2D eigenvalue weighted by molar-refractivity contribution is 5.93. The Hall–Kier alpha value is -1.79. The van der Waals surface area contributed by atoms with Gasteiger partial charge in [0.05, 0.1) is 5.69 Å². The molecule has 2 rings (SSSR count). The summed E-state index contributed by atoms with van der Waals surface area (Å²) in [6.45, 7) is 1.48. The molecule has 0 radical (unpaired) electrons. The Labute approximate surface area is 102 Å². The number of nitrogen functional groups attached to an aromatic ring is 1. The van der Waals surface area contributed by atoms with E-state index < -0.39 is 17.8 Å². The number of carboxylic acids is 1. The van der Waals surface area contributed by atoms with E-state index in [1.165, 1.54) is 6.92 Å². The predicted octanol–water partition coefficient (Wildman–Crippen LogP) is 1.97. The van der Waals surface area contributed by atoms with Gasteiger partial charge in [0.15, 0.2) is 0 Å². The number of aromatic nitrogens is 2. The van der Waals surface area contributed by atoms with Gasteiger partial charge in [-0.05, 0) is 13.3 Å². The average molecular weight is 257 g/mol. The number of carboxylic acid groups (broad SMARTS) is 1. The summed E-state index contributed by atoms with van der Waals surface area (Å²) in [5, 5.41) is 8.91. The predicted molar refractivity (Wildman–Crippen MR) is 59.7 cm³/mol. The van der Waals surface area contributed by atoms with Gasteiger partial charge in [0, 0.05) is 18.8 Å². The second kappa shape index (κ2) is 4.15. The lowest BCUT2D eigenvalue weighted by atomic mass is 10.1. The Morgan fingerprint density at radius 2 is 2.17 bits per heavy atom. The maximum Gasteiger partial charge on any atom is 0.341 e. The summed E-state index contributed by atoms with van der Waals surface area (Å²) in [6.07, 6.45) is -0.211. The third-order valence-electron chi connectivity index (χ3n) is 3.12. The van der Waals surface area contributed by atoms with Crippen molar-refractivity contribution in [2.75, 3.05) is 5.73 Å². The van der Waals surface area contributed by atoms with Gasteiger partial charge in [0.25, 0.3) is 0 Å². The van der Waals surface area contributed by atoms with Crippen LogP contribution in [0, 0.1) is 6.92 Å². The van der Waals surface area contributed by atoms with Gasteiger partial charge in [-0.1, -0.05) is 0 Å². The molecule has 0 saturated heterocycles. The summed E-state index contributed by atoms with van der Waals surface area (Å²) in [4.78, 5) is 18.8. The Morgan fingerprint density at radius 3 is 2.61 bits per heavy atom. The lowest BCUT2D eigenvalue weighted by Crippen LogP contribution is -2.14. The molecule has 1 atom stereocenters. The number of alkyl halides is 2. The fraction of sp³-hybridized carbons (Fsp3) is 0.545. The molecule has 1 aromatic rings. The van der Waals surface area contributed by atoms with E-state index >= 15 is 0 Å². The van der Waals surface area contributed by atoms with Gasteiger partial charge in [0.2, 0.25) is 5.92 Å². The van der Waals surface area contributed by atoms with E-state index in [-0.39, 0.29) is 42.2 Å². The highest BCUT2D eigenvalue weighted by Crippen LogP contribution is 2.43. The van der Waals surface area contributed by atoms with Crippen LogP contribution in [-0.2, 0) is 0 Å². The molecule has 0 aromatic carbocycles. The number of hydrogen-bond donors (Lipinski definition) is 2. The highest BCUT2D eigenvalue weighted by Gasteiger charge is 2.41. The molecule has 1 saturated carbocycles. The molecule has 0 amide bonds. The van der Waals surface area contributed by atoms with Crippen LogP contribution in [0.2, 0.25) is 0 Å². The molecule has 0 spiro atoms. The SMILES string of the molecule is Cc1nc(C2CCC(F)(F)C2)nc(N)c1C(=O)O. The molecular weight excluding hydrogens is 244 g/mol. The number of aryl methyl sites for hydroxylation is 1. The van der Waals surface area contributed by atoms with E-state index in [0.717, 1.165) is 0 Å². The third kappa shape index (κ3) is 2.25. The lowest BCUT2D eigenvalue weighted by molar-refractivity contribution is 0.00751. The Balaban J connectivity index is 2.35. The maximum atomic E-state index is 13.1. The van der Waals surface area contributed by atoms with Crippen molar-refractivity contribution in [3.63, 3.8) is 0 Å². The summed E-state index contributed by atoms with van der Waals surface area (Å²) in [5.74, 6) is -4.31. The first-order valence-electron chi connectivity index (χ1n) is 5.55. The molecule has 1 heterocycles. The zero-order valence-corrected chi connectivity index (χ0v) is 9.78. The van der Waals surface area contributed by atoms with Crippen molar-refractivity contribution in [2.24, 2.45) is 0 Å². The molecule has 18 heavy (non-hydrogen) atoms. The zero-order chi connectivity index (χ0) is 13.5. The van der Waals surface area contributed by atoms with E-state index in [1.54, 1.807) is 0 Å². The molecule has 7 heteroatoms. The first kappa shape index (κ1) is 12.7. The standard InChI is InChI=1S/C11H13F2N3O2/c1-5-7(10(17)18)8(14)16-9(15-5)6-2-3-11(12,13)4-6/h6H,2-4H2,1H3,(H,17,18)(H2,14,15,16). The van der Waals surface area contributed by atoms with Gasteiger partial charge in [-0.25, -0.2) is 23.5 Å². The van der Waals surface area contributed by atoms with Gasteiger partial charge in [-0.2, -0.15) is 0 Å². The minimum absolute atomic E-state index is 0.163. The number of anilines is 1. The van der Waals surface area contributed by atoms with E-state index in [4.69, 9.17) is 10.8 Å². The number of halogens is 2. The molecule has 3 N–H and O–H groups in total. The molecular formula is C11H13F2N3O2. The van der Waals surface area contributed by atoms with Crippen LogP contribution in [0.25, 0.3) is 0 Å². The summed E-state index contributed by atoms with van der Waals surface area (Å²) in [7, 11) is 0. The van der Waals surface area contributed by atoms with Gasteiger partial charge in [-0.3, -0.25) is 0 Å². The van der Waals surface area contributed by atoms with Gasteiger partial charge in [-0.15, -0.1) is 0 Å². The number of hydrogen-bond acceptors (Lipinski definition) is 4. The molecule has 1 aliphatic rings. The van der Waals surface area contributed by atoms with Crippen LogP contribution in [-0.4, -0.2) is 27.0 Å². The molecule has 98 valence electrons. The quantitative estimate of drug-likeness (QED) is 0.845. The van der Waals surface area contributed by atoms with Crippen LogP contribution in [0.1, 0.15) is 47.1 Å². The van der Waals surface area contributed by atoms with Gasteiger partial charge in [0.1, 0.15) is 17.2 Å². The largest absolute Gasteiger partial charge is 0.477 e. The fourth-order valence-electron chi connectivity index (χ4n) is 2.23. The van der Waals surface area contributed by atoms with Crippen molar-refractivity contribution >= 4 is 11.8 Å². The maximum absolute atomic E-state index is 13.1. The van der Waals surface area contributed by atoms with E-state index in [9.17, 15) is 13.6 Å². The van der Waals surface area contributed by atoms with Crippen LogP contribution in [0.15, 0.2) is 0 Å². The number of nitrogens with two attached hydrogens (primary N) is 1. The molecule has 1 aliphatic carbocycles.